The second-order valence-corrected chi connectivity index (χ2v) is 7.24. The molecule has 0 atom stereocenters. The molecule has 3 nitrogen and oxygen atoms in total. The van der Waals surface area contributed by atoms with E-state index in [0.29, 0.717) is 5.92 Å². The van der Waals surface area contributed by atoms with Crippen LogP contribution in [0.4, 0.5) is 0 Å². The van der Waals surface area contributed by atoms with Gasteiger partial charge in [0.15, 0.2) is 0 Å². The summed E-state index contributed by atoms with van der Waals surface area (Å²) in [5, 5.41) is 3.47. The Bertz CT molecular complexity index is 407. The number of aromatic nitrogens is 1. The van der Waals surface area contributed by atoms with Gasteiger partial charge in [0.2, 0.25) is 0 Å². The van der Waals surface area contributed by atoms with E-state index >= 15 is 0 Å². The normalized spacial score (nSPS) is 15.4. The van der Waals surface area contributed by atoms with E-state index in [9.17, 15) is 0 Å². The average molecular weight is 289 g/mol. The molecule has 0 radical (unpaired) electrons. The lowest BCUT2D eigenvalue weighted by molar-refractivity contribution is 0.223. The quantitative estimate of drug-likeness (QED) is 0.755. The Morgan fingerprint density at radius 3 is 2.48 bits per heavy atom. The van der Waals surface area contributed by atoms with Gasteiger partial charge in [-0.3, -0.25) is 9.88 Å². The van der Waals surface area contributed by atoms with Crippen molar-refractivity contribution in [2.24, 2.45) is 11.8 Å². The molecule has 1 N–H and O–H groups in total. The molecule has 1 aromatic heterocycles. The van der Waals surface area contributed by atoms with Crippen molar-refractivity contribution in [1.29, 1.82) is 0 Å². The summed E-state index contributed by atoms with van der Waals surface area (Å²) in [5.74, 6) is 1.42. The minimum absolute atomic E-state index is 0.695. The van der Waals surface area contributed by atoms with Gasteiger partial charge in [-0.25, -0.2) is 0 Å². The van der Waals surface area contributed by atoms with E-state index in [1.807, 2.05) is 6.20 Å². The molecule has 0 saturated heterocycles. The van der Waals surface area contributed by atoms with Gasteiger partial charge in [0.25, 0.3) is 0 Å². The van der Waals surface area contributed by atoms with Crippen LogP contribution in [0.2, 0.25) is 0 Å². The van der Waals surface area contributed by atoms with E-state index in [2.05, 4.69) is 55.0 Å². The third kappa shape index (κ3) is 6.15. The Hall–Kier alpha value is -0.930. The molecule has 1 aromatic rings. The zero-order chi connectivity index (χ0) is 15.2. The fourth-order valence-electron chi connectivity index (χ4n) is 2.62. The third-order valence-electron chi connectivity index (χ3n) is 3.80. The van der Waals surface area contributed by atoms with Crippen molar-refractivity contribution in [1.82, 2.24) is 15.2 Å². The lowest BCUT2D eigenvalue weighted by Gasteiger charge is -2.23. The molecule has 118 valence electrons. The maximum Gasteiger partial charge on any atom is 0.0544 e. The molecule has 0 unspecified atom stereocenters. The van der Waals surface area contributed by atoms with Gasteiger partial charge in [0.05, 0.1) is 5.69 Å². The minimum Gasteiger partial charge on any atom is -0.312 e. The Balaban J connectivity index is 1.83. The molecule has 1 fully saturated rings. The summed E-state index contributed by atoms with van der Waals surface area (Å²) in [4.78, 5) is 7.25. The van der Waals surface area contributed by atoms with Crippen LogP contribution in [0.5, 0.6) is 0 Å². The van der Waals surface area contributed by atoms with Crippen molar-refractivity contribution in [2.75, 3.05) is 13.1 Å². The SMILES string of the molecule is CC(C)CNCc1ccc(CN(CC(C)C)C2CC2)nc1. The van der Waals surface area contributed by atoms with Crippen molar-refractivity contribution in [3.63, 3.8) is 0 Å². The molecular weight excluding hydrogens is 258 g/mol. The first-order valence-electron chi connectivity index (χ1n) is 8.43. The highest BCUT2D eigenvalue weighted by Crippen LogP contribution is 2.28. The van der Waals surface area contributed by atoms with E-state index in [1.54, 1.807) is 0 Å². The number of nitrogens with one attached hydrogen (secondary N) is 1. The van der Waals surface area contributed by atoms with Gasteiger partial charge in [-0.05, 0) is 42.9 Å². The van der Waals surface area contributed by atoms with Crippen LogP contribution in [0.1, 0.15) is 51.8 Å². The van der Waals surface area contributed by atoms with E-state index in [0.717, 1.165) is 31.6 Å². The van der Waals surface area contributed by atoms with Crippen molar-refractivity contribution in [2.45, 2.75) is 59.7 Å². The molecule has 0 bridgehead atoms. The maximum absolute atomic E-state index is 4.65. The molecular formula is C18H31N3. The van der Waals surface area contributed by atoms with Crippen molar-refractivity contribution in [3.8, 4) is 0 Å². The van der Waals surface area contributed by atoms with Gasteiger partial charge in [-0.15, -0.1) is 0 Å². The monoisotopic (exact) mass is 289 g/mol. The maximum atomic E-state index is 4.65. The highest BCUT2D eigenvalue weighted by molar-refractivity contribution is 5.14. The first-order valence-corrected chi connectivity index (χ1v) is 8.43. The van der Waals surface area contributed by atoms with Gasteiger partial charge in [0.1, 0.15) is 0 Å². The number of pyridine rings is 1. The van der Waals surface area contributed by atoms with Crippen molar-refractivity contribution >= 4 is 0 Å². The van der Waals surface area contributed by atoms with Crippen LogP contribution in [0.25, 0.3) is 0 Å². The van der Waals surface area contributed by atoms with E-state index < -0.39 is 0 Å². The lowest BCUT2D eigenvalue weighted by Crippen LogP contribution is -2.29. The summed E-state index contributed by atoms with van der Waals surface area (Å²) in [6.07, 6.45) is 4.76. The molecule has 1 aliphatic carbocycles. The first-order chi connectivity index (χ1) is 10.0. The molecule has 0 amide bonds. The number of hydrogen-bond acceptors (Lipinski definition) is 3. The van der Waals surface area contributed by atoms with E-state index in [4.69, 9.17) is 0 Å². The van der Waals surface area contributed by atoms with Crippen LogP contribution in [-0.4, -0.2) is 29.0 Å². The fraction of sp³-hybridized carbons (Fsp3) is 0.722. The summed E-state index contributed by atoms with van der Waals surface area (Å²) in [7, 11) is 0. The number of rotatable bonds is 9. The van der Waals surface area contributed by atoms with Crippen LogP contribution in [0.3, 0.4) is 0 Å². The predicted molar refractivity (Wildman–Crippen MR) is 89.1 cm³/mol. The molecule has 2 rings (SSSR count). The number of hydrogen-bond donors (Lipinski definition) is 1. The Labute approximate surface area is 130 Å². The Kier molecular flexibility index (Phi) is 6.19. The van der Waals surface area contributed by atoms with Crippen LogP contribution in [0, 0.1) is 11.8 Å². The highest BCUT2D eigenvalue weighted by Gasteiger charge is 2.29. The zero-order valence-electron chi connectivity index (χ0n) is 14.1. The van der Waals surface area contributed by atoms with E-state index in [1.165, 1.54) is 30.6 Å². The fourth-order valence-corrected chi connectivity index (χ4v) is 2.62. The molecule has 3 heteroatoms. The van der Waals surface area contributed by atoms with Crippen LogP contribution in [0.15, 0.2) is 18.3 Å². The summed E-state index contributed by atoms with van der Waals surface area (Å²) in [6.45, 7) is 13.2. The minimum atomic E-state index is 0.695. The van der Waals surface area contributed by atoms with Gasteiger partial charge in [0, 0.05) is 31.9 Å². The van der Waals surface area contributed by atoms with E-state index in [-0.39, 0.29) is 0 Å². The average Bonchev–Trinajstić information content (AvgIpc) is 3.23. The van der Waals surface area contributed by atoms with Gasteiger partial charge in [-0.1, -0.05) is 33.8 Å². The summed E-state index contributed by atoms with van der Waals surface area (Å²) in [5.41, 5.74) is 2.48. The molecule has 21 heavy (non-hydrogen) atoms. The lowest BCUT2D eigenvalue weighted by atomic mass is 10.2. The molecule has 1 saturated carbocycles. The van der Waals surface area contributed by atoms with Crippen molar-refractivity contribution in [3.05, 3.63) is 29.6 Å². The van der Waals surface area contributed by atoms with Crippen LogP contribution in [-0.2, 0) is 13.1 Å². The Morgan fingerprint density at radius 1 is 1.19 bits per heavy atom. The molecule has 0 spiro atoms. The standard InChI is InChI=1S/C18H31N3/c1-14(2)9-19-10-16-5-6-17(20-11-16)13-21(12-15(3)4)18-7-8-18/h5-6,11,14-15,18-19H,7-10,12-13H2,1-4H3. The van der Waals surface area contributed by atoms with Gasteiger partial charge >= 0.3 is 0 Å². The molecule has 1 aliphatic rings. The van der Waals surface area contributed by atoms with Gasteiger partial charge < -0.3 is 5.32 Å². The van der Waals surface area contributed by atoms with Gasteiger partial charge in [-0.2, -0.15) is 0 Å². The van der Waals surface area contributed by atoms with Crippen LogP contribution >= 0.6 is 0 Å². The molecule has 1 heterocycles. The first kappa shape index (κ1) is 16.4. The largest absolute Gasteiger partial charge is 0.312 e. The summed E-state index contributed by atoms with van der Waals surface area (Å²) >= 11 is 0. The summed E-state index contributed by atoms with van der Waals surface area (Å²) < 4.78 is 0. The molecule has 0 aromatic carbocycles. The summed E-state index contributed by atoms with van der Waals surface area (Å²) in [6, 6.07) is 5.22. The van der Waals surface area contributed by atoms with Crippen molar-refractivity contribution < 1.29 is 0 Å². The Morgan fingerprint density at radius 2 is 1.95 bits per heavy atom. The number of nitrogens with zero attached hydrogens (tertiary/aromatic N) is 2. The second-order valence-electron chi connectivity index (χ2n) is 7.24. The third-order valence-corrected chi connectivity index (χ3v) is 3.80. The predicted octanol–water partition coefficient (Wildman–Crippen LogP) is 3.45. The molecule has 0 aliphatic heterocycles. The smallest absolute Gasteiger partial charge is 0.0544 e. The van der Waals surface area contributed by atoms with Crippen LogP contribution < -0.4 is 5.32 Å². The second kappa shape index (κ2) is 7.90. The zero-order valence-corrected chi connectivity index (χ0v) is 14.1. The highest BCUT2D eigenvalue weighted by atomic mass is 15.2. The topological polar surface area (TPSA) is 28.2 Å².